The lowest BCUT2D eigenvalue weighted by atomic mass is 10.0. The molecule has 0 aliphatic carbocycles. The van der Waals surface area contributed by atoms with Gasteiger partial charge in [0.2, 0.25) is 0 Å². The van der Waals surface area contributed by atoms with Crippen molar-refractivity contribution in [1.82, 2.24) is 0 Å². The average molecular weight is 308 g/mol. The molecule has 2 heteroatoms. The summed E-state index contributed by atoms with van der Waals surface area (Å²) in [6, 6.07) is 14.6. The Morgan fingerprint density at radius 1 is 0.696 bits per heavy atom. The summed E-state index contributed by atoms with van der Waals surface area (Å²) in [6.45, 7) is 11.8. The van der Waals surface area contributed by atoms with Crippen molar-refractivity contribution in [2.75, 3.05) is 13.1 Å². The van der Waals surface area contributed by atoms with Gasteiger partial charge in [0, 0.05) is 12.4 Å². The Morgan fingerprint density at radius 3 is 1.83 bits per heavy atom. The van der Waals surface area contributed by atoms with Crippen molar-refractivity contribution in [1.29, 1.82) is 0 Å². The maximum Gasteiger partial charge on any atom is 0.0585 e. The average Bonchev–Trinajstić information content (AvgIpc) is 2.56. The zero-order chi connectivity index (χ0) is 17.1. The molecule has 0 aliphatic heterocycles. The second-order valence-corrected chi connectivity index (χ2v) is 5.23. The van der Waals surface area contributed by atoms with Gasteiger partial charge in [-0.3, -0.25) is 9.98 Å². The Hall–Kier alpha value is -2.22. The van der Waals surface area contributed by atoms with E-state index in [1.807, 2.05) is 38.4 Å². The molecule has 2 aromatic rings. The molecule has 0 amide bonds. The van der Waals surface area contributed by atoms with Gasteiger partial charge >= 0.3 is 0 Å². The third-order valence-electron chi connectivity index (χ3n) is 3.54. The van der Waals surface area contributed by atoms with Gasteiger partial charge in [0.25, 0.3) is 0 Å². The number of rotatable bonds is 5. The molecule has 23 heavy (non-hydrogen) atoms. The lowest BCUT2D eigenvalue weighted by Crippen LogP contribution is -1.95. The minimum atomic E-state index is 0.718. The maximum atomic E-state index is 4.48. The summed E-state index contributed by atoms with van der Waals surface area (Å²) in [5.74, 6) is 0. The van der Waals surface area contributed by atoms with Crippen molar-refractivity contribution in [3.63, 3.8) is 0 Å². The zero-order valence-electron chi connectivity index (χ0n) is 15.0. The zero-order valence-corrected chi connectivity index (χ0v) is 15.0. The van der Waals surface area contributed by atoms with E-state index in [9.17, 15) is 0 Å². The lowest BCUT2D eigenvalue weighted by Gasteiger charge is -2.03. The van der Waals surface area contributed by atoms with Crippen LogP contribution in [0.25, 0.3) is 0 Å². The highest BCUT2D eigenvalue weighted by Gasteiger charge is 1.97. The topological polar surface area (TPSA) is 24.7 Å². The Labute approximate surface area is 141 Å². The lowest BCUT2D eigenvalue weighted by molar-refractivity contribution is 0.984. The Morgan fingerprint density at radius 2 is 1.22 bits per heavy atom. The number of hydrogen-bond acceptors (Lipinski definition) is 2. The first kappa shape index (κ1) is 18.8. The normalized spacial score (nSPS) is 10.8. The Balaban J connectivity index is 0.00000127. The Bertz CT molecular complexity index is 634. The molecule has 0 aromatic heterocycles. The van der Waals surface area contributed by atoms with Crippen LogP contribution in [0.1, 0.15) is 41.7 Å². The summed E-state index contributed by atoms with van der Waals surface area (Å²) < 4.78 is 0. The third kappa shape index (κ3) is 6.19. The van der Waals surface area contributed by atoms with E-state index in [4.69, 9.17) is 0 Å². The fourth-order valence-corrected chi connectivity index (χ4v) is 2.20. The van der Waals surface area contributed by atoms with Gasteiger partial charge in [-0.25, -0.2) is 0 Å². The Kier molecular flexibility index (Phi) is 8.59. The molecule has 0 bridgehead atoms. The van der Waals surface area contributed by atoms with Crippen LogP contribution in [0.3, 0.4) is 0 Å². The van der Waals surface area contributed by atoms with Crippen LogP contribution in [0.4, 0.5) is 0 Å². The maximum absolute atomic E-state index is 4.48. The van der Waals surface area contributed by atoms with Crippen LogP contribution in [0.2, 0.25) is 0 Å². The standard InChI is InChI=1S/C19H22N2.C2H6/c1-15-7-4-5-10-18(15)13-20-11-12-21-14-19-16(2)8-6-9-17(19)3;1-2/h4-10,13-14H,11-12H2,1-3H3;1-2H3. The summed E-state index contributed by atoms with van der Waals surface area (Å²) >= 11 is 0. The molecule has 2 aromatic carbocycles. The van der Waals surface area contributed by atoms with Crippen LogP contribution >= 0.6 is 0 Å². The molecular formula is C21H28N2. The molecule has 2 rings (SSSR count). The molecule has 0 spiro atoms. The smallest absolute Gasteiger partial charge is 0.0585 e. The van der Waals surface area contributed by atoms with Crippen LogP contribution < -0.4 is 0 Å². The van der Waals surface area contributed by atoms with Gasteiger partial charge in [0.1, 0.15) is 0 Å². The van der Waals surface area contributed by atoms with Crippen molar-refractivity contribution in [2.24, 2.45) is 9.98 Å². The minimum Gasteiger partial charge on any atom is -0.291 e. The molecule has 0 atom stereocenters. The summed E-state index contributed by atoms with van der Waals surface area (Å²) in [5, 5.41) is 0. The monoisotopic (exact) mass is 308 g/mol. The molecule has 0 saturated heterocycles. The van der Waals surface area contributed by atoms with Crippen molar-refractivity contribution in [3.8, 4) is 0 Å². The fourth-order valence-electron chi connectivity index (χ4n) is 2.20. The van der Waals surface area contributed by atoms with E-state index < -0.39 is 0 Å². The first-order valence-electron chi connectivity index (χ1n) is 8.30. The van der Waals surface area contributed by atoms with Gasteiger partial charge in [-0.1, -0.05) is 56.3 Å². The number of aryl methyl sites for hydroxylation is 3. The molecule has 0 N–H and O–H groups in total. The first-order valence-corrected chi connectivity index (χ1v) is 8.30. The van der Waals surface area contributed by atoms with Crippen molar-refractivity contribution in [3.05, 3.63) is 70.3 Å². The van der Waals surface area contributed by atoms with Gasteiger partial charge in [-0.15, -0.1) is 0 Å². The quantitative estimate of drug-likeness (QED) is 0.537. The van der Waals surface area contributed by atoms with Gasteiger partial charge in [-0.2, -0.15) is 0 Å². The van der Waals surface area contributed by atoms with Crippen LogP contribution in [0.15, 0.2) is 52.4 Å². The SMILES string of the molecule is CC.Cc1ccccc1C=NCCN=Cc1c(C)cccc1C. The summed E-state index contributed by atoms with van der Waals surface area (Å²) in [4.78, 5) is 8.92. The van der Waals surface area contributed by atoms with E-state index >= 15 is 0 Å². The molecule has 122 valence electrons. The summed E-state index contributed by atoms with van der Waals surface area (Å²) in [6.07, 6.45) is 3.90. The van der Waals surface area contributed by atoms with Gasteiger partial charge in [-0.05, 0) is 48.6 Å². The van der Waals surface area contributed by atoms with Gasteiger partial charge in [0.05, 0.1) is 13.1 Å². The summed E-state index contributed by atoms with van der Waals surface area (Å²) in [5.41, 5.74) is 6.18. The van der Waals surface area contributed by atoms with E-state index in [1.165, 1.54) is 27.8 Å². The number of hydrogen-bond donors (Lipinski definition) is 0. The number of aliphatic imine (C=N–C) groups is 2. The van der Waals surface area contributed by atoms with Gasteiger partial charge < -0.3 is 0 Å². The predicted octanol–water partition coefficient (Wildman–Crippen LogP) is 5.18. The third-order valence-corrected chi connectivity index (χ3v) is 3.54. The predicted molar refractivity (Wildman–Crippen MR) is 103 cm³/mol. The highest BCUT2D eigenvalue weighted by atomic mass is 14.8. The van der Waals surface area contributed by atoms with E-state index in [2.05, 4.69) is 61.1 Å². The number of benzene rings is 2. The van der Waals surface area contributed by atoms with Gasteiger partial charge in [0.15, 0.2) is 0 Å². The van der Waals surface area contributed by atoms with Crippen LogP contribution in [-0.4, -0.2) is 25.5 Å². The minimum absolute atomic E-state index is 0.718. The molecular weight excluding hydrogens is 280 g/mol. The van der Waals surface area contributed by atoms with E-state index in [0.29, 0.717) is 0 Å². The highest BCUT2D eigenvalue weighted by Crippen LogP contribution is 2.10. The van der Waals surface area contributed by atoms with E-state index in [1.54, 1.807) is 0 Å². The molecule has 0 saturated carbocycles. The van der Waals surface area contributed by atoms with Crippen molar-refractivity contribution >= 4 is 12.4 Å². The van der Waals surface area contributed by atoms with Crippen LogP contribution in [-0.2, 0) is 0 Å². The van der Waals surface area contributed by atoms with Crippen molar-refractivity contribution in [2.45, 2.75) is 34.6 Å². The second-order valence-electron chi connectivity index (χ2n) is 5.23. The molecule has 0 heterocycles. The van der Waals surface area contributed by atoms with Crippen LogP contribution in [0, 0.1) is 20.8 Å². The van der Waals surface area contributed by atoms with E-state index in [-0.39, 0.29) is 0 Å². The second kappa shape index (κ2) is 10.5. The van der Waals surface area contributed by atoms with Crippen molar-refractivity contribution < 1.29 is 0 Å². The molecule has 0 radical (unpaired) electrons. The largest absolute Gasteiger partial charge is 0.291 e. The molecule has 0 fully saturated rings. The first-order chi connectivity index (χ1) is 11.2. The molecule has 0 aliphatic rings. The number of nitrogens with zero attached hydrogens (tertiary/aromatic N) is 2. The van der Waals surface area contributed by atoms with Crippen LogP contribution in [0.5, 0.6) is 0 Å². The highest BCUT2D eigenvalue weighted by molar-refractivity contribution is 5.83. The fraction of sp³-hybridized carbons (Fsp3) is 0.333. The molecule has 2 nitrogen and oxygen atoms in total. The van der Waals surface area contributed by atoms with E-state index in [0.717, 1.165) is 13.1 Å². The molecule has 0 unspecified atom stereocenters. The summed E-state index contributed by atoms with van der Waals surface area (Å²) in [7, 11) is 0.